The molecule has 0 amide bonds. The maximum atomic E-state index is 9.48. The number of hydrogen-bond donors (Lipinski definition) is 1. The van der Waals surface area contributed by atoms with Crippen molar-refractivity contribution in [1.29, 1.82) is 0 Å². The summed E-state index contributed by atoms with van der Waals surface area (Å²) in [5.41, 5.74) is 0. The second-order valence-electron chi connectivity index (χ2n) is 4.14. The summed E-state index contributed by atoms with van der Waals surface area (Å²) in [6.45, 7) is 8.52. The third kappa shape index (κ3) is 4.76. The summed E-state index contributed by atoms with van der Waals surface area (Å²) < 4.78 is 0. The van der Waals surface area contributed by atoms with Gasteiger partial charge in [0.25, 0.3) is 0 Å². The van der Waals surface area contributed by atoms with Gasteiger partial charge in [-0.3, -0.25) is 0 Å². The Hall–Kier alpha value is -0.0400. The summed E-state index contributed by atoms with van der Waals surface area (Å²) in [6.07, 6.45) is 4.88. The molecule has 0 spiro atoms. The zero-order chi connectivity index (χ0) is 9.56. The topological polar surface area (TPSA) is 20.2 Å². The first-order chi connectivity index (χ1) is 5.59. The fourth-order valence-electron chi connectivity index (χ4n) is 1.76. The van der Waals surface area contributed by atoms with Crippen LogP contribution < -0.4 is 0 Å². The Labute approximate surface area is 77.2 Å². The summed E-state index contributed by atoms with van der Waals surface area (Å²) in [4.78, 5) is 0. The van der Waals surface area contributed by atoms with Crippen LogP contribution in [0, 0.1) is 11.8 Å². The van der Waals surface area contributed by atoms with Crippen LogP contribution in [0.1, 0.15) is 53.4 Å². The summed E-state index contributed by atoms with van der Waals surface area (Å²) in [7, 11) is 0. The van der Waals surface area contributed by atoms with Crippen molar-refractivity contribution in [1.82, 2.24) is 0 Å². The van der Waals surface area contributed by atoms with Crippen LogP contribution in [0.4, 0.5) is 0 Å². The van der Waals surface area contributed by atoms with E-state index in [1.54, 1.807) is 0 Å². The van der Waals surface area contributed by atoms with Crippen molar-refractivity contribution in [3.8, 4) is 0 Å². The first-order valence-corrected chi connectivity index (χ1v) is 5.27. The van der Waals surface area contributed by atoms with Crippen LogP contribution >= 0.6 is 0 Å². The van der Waals surface area contributed by atoms with Gasteiger partial charge in [0.15, 0.2) is 0 Å². The van der Waals surface area contributed by atoms with E-state index >= 15 is 0 Å². The van der Waals surface area contributed by atoms with Crippen LogP contribution in [0.5, 0.6) is 0 Å². The minimum atomic E-state index is -0.137. The van der Waals surface area contributed by atoms with E-state index in [9.17, 15) is 5.11 Å². The molecule has 2 atom stereocenters. The summed E-state index contributed by atoms with van der Waals surface area (Å²) in [5, 5.41) is 9.48. The van der Waals surface area contributed by atoms with Gasteiger partial charge in [-0.2, -0.15) is 0 Å². The van der Waals surface area contributed by atoms with Crippen LogP contribution in [0.15, 0.2) is 0 Å². The molecule has 0 aliphatic carbocycles. The maximum absolute atomic E-state index is 9.48. The predicted molar refractivity (Wildman–Crippen MR) is 54.2 cm³/mol. The van der Waals surface area contributed by atoms with E-state index < -0.39 is 0 Å². The quantitative estimate of drug-likeness (QED) is 0.610. The SMILES string of the molecule is CCCCCC(C(C)C)C(C)O. The van der Waals surface area contributed by atoms with E-state index in [1.165, 1.54) is 25.7 Å². The Morgan fingerprint density at radius 1 is 1.08 bits per heavy atom. The van der Waals surface area contributed by atoms with Gasteiger partial charge in [0.05, 0.1) is 6.10 Å². The number of aliphatic hydroxyl groups is 1. The van der Waals surface area contributed by atoms with Crippen LogP contribution in [0.3, 0.4) is 0 Å². The van der Waals surface area contributed by atoms with Crippen molar-refractivity contribution in [2.45, 2.75) is 59.5 Å². The molecule has 74 valence electrons. The van der Waals surface area contributed by atoms with Crippen LogP contribution in [-0.4, -0.2) is 11.2 Å². The van der Waals surface area contributed by atoms with Gasteiger partial charge in [-0.15, -0.1) is 0 Å². The maximum Gasteiger partial charge on any atom is 0.0542 e. The Balaban J connectivity index is 3.64. The van der Waals surface area contributed by atoms with E-state index in [0.717, 1.165) is 0 Å². The van der Waals surface area contributed by atoms with E-state index in [0.29, 0.717) is 11.8 Å². The Morgan fingerprint density at radius 2 is 1.67 bits per heavy atom. The van der Waals surface area contributed by atoms with Crippen molar-refractivity contribution in [2.24, 2.45) is 11.8 Å². The van der Waals surface area contributed by atoms with Gasteiger partial charge in [-0.05, 0) is 25.2 Å². The van der Waals surface area contributed by atoms with Crippen molar-refractivity contribution in [2.75, 3.05) is 0 Å². The molecule has 0 aromatic carbocycles. The molecule has 0 heterocycles. The first-order valence-electron chi connectivity index (χ1n) is 5.27. The van der Waals surface area contributed by atoms with Crippen LogP contribution in [0.25, 0.3) is 0 Å². The molecule has 0 bridgehead atoms. The fourth-order valence-corrected chi connectivity index (χ4v) is 1.76. The lowest BCUT2D eigenvalue weighted by Gasteiger charge is -2.23. The summed E-state index contributed by atoms with van der Waals surface area (Å²) in [6, 6.07) is 0. The third-order valence-corrected chi connectivity index (χ3v) is 2.62. The highest BCUT2D eigenvalue weighted by molar-refractivity contribution is 4.68. The molecule has 0 radical (unpaired) electrons. The molecule has 0 aliphatic heterocycles. The van der Waals surface area contributed by atoms with E-state index in [-0.39, 0.29) is 6.10 Å². The van der Waals surface area contributed by atoms with Crippen molar-refractivity contribution in [3.63, 3.8) is 0 Å². The van der Waals surface area contributed by atoms with Crippen LogP contribution in [-0.2, 0) is 0 Å². The second kappa shape index (κ2) is 6.47. The molecule has 0 aromatic heterocycles. The average molecular weight is 172 g/mol. The Bertz CT molecular complexity index is 89.2. The molecule has 2 unspecified atom stereocenters. The molecule has 12 heavy (non-hydrogen) atoms. The molecule has 1 N–H and O–H groups in total. The largest absolute Gasteiger partial charge is 0.393 e. The van der Waals surface area contributed by atoms with Gasteiger partial charge in [0.2, 0.25) is 0 Å². The zero-order valence-corrected chi connectivity index (χ0v) is 9.01. The smallest absolute Gasteiger partial charge is 0.0542 e. The standard InChI is InChI=1S/C11H24O/c1-5-6-7-8-11(9(2)3)10(4)12/h9-12H,5-8H2,1-4H3. The Kier molecular flexibility index (Phi) is 6.45. The molecular formula is C11H24O. The molecule has 0 rings (SSSR count). The number of rotatable bonds is 6. The molecule has 0 aliphatic rings. The monoisotopic (exact) mass is 172 g/mol. The third-order valence-electron chi connectivity index (χ3n) is 2.62. The van der Waals surface area contributed by atoms with Crippen molar-refractivity contribution < 1.29 is 5.11 Å². The molecule has 0 fully saturated rings. The molecule has 1 heteroatoms. The lowest BCUT2D eigenvalue weighted by molar-refractivity contribution is 0.0901. The molecule has 0 saturated heterocycles. The second-order valence-corrected chi connectivity index (χ2v) is 4.14. The molecule has 0 aromatic rings. The minimum Gasteiger partial charge on any atom is -0.393 e. The van der Waals surface area contributed by atoms with Crippen molar-refractivity contribution in [3.05, 3.63) is 0 Å². The van der Waals surface area contributed by atoms with Crippen LogP contribution in [0.2, 0.25) is 0 Å². The molecular weight excluding hydrogens is 148 g/mol. The Morgan fingerprint density at radius 3 is 2.00 bits per heavy atom. The van der Waals surface area contributed by atoms with Gasteiger partial charge in [-0.1, -0.05) is 40.0 Å². The van der Waals surface area contributed by atoms with Gasteiger partial charge in [-0.25, -0.2) is 0 Å². The lowest BCUT2D eigenvalue weighted by Crippen LogP contribution is -2.22. The lowest BCUT2D eigenvalue weighted by atomic mass is 9.86. The van der Waals surface area contributed by atoms with Gasteiger partial charge >= 0.3 is 0 Å². The minimum absolute atomic E-state index is 0.137. The summed E-state index contributed by atoms with van der Waals surface area (Å²) >= 11 is 0. The number of aliphatic hydroxyl groups excluding tert-OH is 1. The highest BCUT2D eigenvalue weighted by atomic mass is 16.3. The van der Waals surface area contributed by atoms with Gasteiger partial charge in [0.1, 0.15) is 0 Å². The van der Waals surface area contributed by atoms with E-state index in [1.807, 2.05) is 6.92 Å². The van der Waals surface area contributed by atoms with E-state index in [2.05, 4.69) is 20.8 Å². The predicted octanol–water partition coefficient (Wildman–Crippen LogP) is 3.22. The first kappa shape index (κ1) is 12.0. The highest BCUT2D eigenvalue weighted by Crippen LogP contribution is 2.22. The number of unbranched alkanes of at least 4 members (excludes halogenated alkanes) is 2. The number of hydrogen-bond acceptors (Lipinski definition) is 1. The highest BCUT2D eigenvalue weighted by Gasteiger charge is 2.17. The normalized spacial score (nSPS) is 16.5. The van der Waals surface area contributed by atoms with Gasteiger partial charge in [0, 0.05) is 0 Å². The summed E-state index contributed by atoms with van der Waals surface area (Å²) in [5.74, 6) is 1.11. The zero-order valence-electron chi connectivity index (χ0n) is 9.01. The van der Waals surface area contributed by atoms with Gasteiger partial charge < -0.3 is 5.11 Å². The molecule has 0 saturated carbocycles. The molecule has 1 nitrogen and oxygen atoms in total. The van der Waals surface area contributed by atoms with Crippen molar-refractivity contribution >= 4 is 0 Å². The van der Waals surface area contributed by atoms with E-state index in [4.69, 9.17) is 0 Å². The average Bonchev–Trinajstić information content (AvgIpc) is 1.96. The fraction of sp³-hybridized carbons (Fsp3) is 1.00.